The van der Waals surface area contributed by atoms with Crippen LogP contribution >= 0.6 is 0 Å². The summed E-state index contributed by atoms with van der Waals surface area (Å²) in [5, 5.41) is 0. The van der Waals surface area contributed by atoms with Crippen molar-refractivity contribution < 1.29 is 0 Å². The van der Waals surface area contributed by atoms with Gasteiger partial charge in [0.1, 0.15) is 0 Å². The number of benzene rings is 1. The smallest absolute Gasteiger partial charge is 0.0316 e. The molecule has 1 nitrogen and oxygen atoms in total. The zero-order valence-electron chi connectivity index (χ0n) is 8.43. The fourth-order valence-electron chi connectivity index (χ4n) is 2.21. The first kappa shape index (κ1) is 8.61. The molecule has 0 spiro atoms. The maximum atomic E-state index is 5.76. The number of hydrogen-bond acceptors (Lipinski definition) is 1. The van der Waals surface area contributed by atoms with Crippen LogP contribution in [0.3, 0.4) is 0 Å². The molecule has 0 amide bonds. The summed E-state index contributed by atoms with van der Waals surface area (Å²) >= 11 is 0. The Kier molecular flexibility index (Phi) is 1.83. The van der Waals surface area contributed by atoms with Crippen molar-refractivity contribution in [1.82, 2.24) is 0 Å². The van der Waals surface area contributed by atoms with Crippen molar-refractivity contribution >= 4 is 5.69 Å². The zero-order chi connectivity index (χ0) is 9.47. The van der Waals surface area contributed by atoms with Crippen molar-refractivity contribution in [3.05, 3.63) is 29.3 Å². The highest BCUT2D eigenvalue weighted by atomic mass is 14.5. The molecule has 1 aliphatic carbocycles. The Balaban J connectivity index is 2.35. The van der Waals surface area contributed by atoms with Crippen molar-refractivity contribution in [2.24, 2.45) is 5.41 Å². The standard InChI is InChI=1S/C12H17N/c1-3-12(2)7-9-4-5-11(13)6-10(9)8-12/h4-6H,3,7-8,13H2,1-2H3. The van der Waals surface area contributed by atoms with Crippen LogP contribution in [0.5, 0.6) is 0 Å². The van der Waals surface area contributed by atoms with E-state index in [1.165, 1.54) is 30.4 Å². The summed E-state index contributed by atoms with van der Waals surface area (Å²) in [4.78, 5) is 0. The van der Waals surface area contributed by atoms with E-state index in [9.17, 15) is 0 Å². The number of hydrogen-bond donors (Lipinski definition) is 1. The van der Waals surface area contributed by atoms with Crippen LogP contribution in [0.25, 0.3) is 0 Å². The van der Waals surface area contributed by atoms with Crippen molar-refractivity contribution in [2.45, 2.75) is 33.1 Å². The summed E-state index contributed by atoms with van der Waals surface area (Å²) < 4.78 is 0. The van der Waals surface area contributed by atoms with Crippen LogP contribution in [-0.4, -0.2) is 0 Å². The molecule has 0 radical (unpaired) electrons. The minimum atomic E-state index is 0.482. The van der Waals surface area contributed by atoms with Crippen LogP contribution in [0.15, 0.2) is 18.2 Å². The lowest BCUT2D eigenvalue weighted by Crippen LogP contribution is -2.14. The summed E-state index contributed by atoms with van der Waals surface area (Å²) in [5.74, 6) is 0. The van der Waals surface area contributed by atoms with Crippen molar-refractivity contribution in [1.29, 1.82) is 0 Å². The van der Waals surface area contributed by atoms with Gasteiger partial charge in [-0.1, -0.05) is 26.3 Å². The Morgan fingerprint density at radius 3 is 2.69 bits per heavy atom. The molecule has 1 atom stereocenters. The van der Waals surface area contributed by atoms with Gasteiger partial charge in [-0.25, -0.2) is 0 Å². The van der Waals surface area contributed by atoms with Gasteiger partial charge in [-0.05, 0) is 41.5 Å². The number of fused-ring (bicyclic) bond motifs is 1. The maximum Gasteiger partial charge on any atom is 0.0316 e. The third kappa shape index (κ3) is 1.43. The topological polar surface area (TPSA) is 26.0 Å². The van der Waals surface area contributed by atoms with Crippen LogP contribution in [-0.2, 0) is 12.8 Å². The van der Waals surface area contributed by atoms with Crippen LogP contribution in [0.1, 0.15) is 31.4 Å². The zero-order valence-corrected chi connectivity index (χ0v) is 8.43. The van der Waals surface area contributed by atoms with Gasteiger partial charge < -0.3 is 5.73 Å². The minimum Gasteiger partial charge on any atom is -0.399 e. The van der Waals surface area contributed by atoms with E-state index < -0.39 is 0 Å². The molecule has 0 aromatic heterocycles. The van der Waals surface area contributed by atoms with Gasteiger partial charge in [0.05, 0.1) is 0 Å². The Labute approximate surface area is 80.0 Å². The Morgan fingerprint density at radius 2 is 2.00 bits per heavy atom. The lowest BCUT2D eigenvalue weighted by Gasteiger charge is -2.20. The molecule has 2 rings (SSSR count). The third-order valence-electron chi connectivity index (χ3n) is 3.32. The summed E-state index contributed by atoms with van der Waals surface area (Å²) in [6.07, 6.45) is 3.67. The second-order valence-electron chi connectivity index (χ2n) is 4.55. The molecule has 0 heterocycles. The fraction of sp³-hybridized carbons (Fsp3) is 0.500. The second-order valence-corrected chi connectivity index (χ2v) is 4.55. The lowest BCUT2D eigenvalue weighted by molar-refractivity contribution is 0.332. The highest BCUT2D eigenvalue weighted by Crippen LogP contribution is 2.39. The molecule has 0 aliphatic heterocycles. The normalized spacial score (nSPS) is 26.0. The van der Waals surface area contributed by atoms with E-state index in [4.69, 9.17) is 5.73 Å². The largest absolute Gasteiger partial charge is 0.399 e. The molecule has 1 aromatic carbocycles. The van der Waals surface area contributed by atoms with E-state index in [1.807, 2.05) is 6.07 Å². The Bertz CT molecular complexity index is 330. The predicted octanol–water partition coefficient (Wildman–Crippen LogP) is 2.78. The average molecular weight is 175 g/mol. The molecule has 1 unspecified atom stereocenters. The van der Waals surface area contributed by atoms with E-state index >= 15 is 0 Å². The summed E-state index contributed by atoms with van der Waals surface area (Å²) in [5.41, 5.74) is 10.1. The monoisotopic (exact) mass is 175 g/mol. The summed E-state index contributed by atoms with van der Waals surface area (Å²) in [6.45, 7) is 4.64. The van der Waals surface area contributed by atoms with E-state index in [2.05, 4.69) is 26.0 Å². The first-order valence-corrected chi connectivity index (χ1v) is 5.00. The molecule has 0 bridgehead atoms. The van der Waals surface area contributed by atoms with Gasteiger partial charge in [0.2, 0.25) is 0 Å². The molecule has 0 saturated heterocycles. The third-order valence-corrected chi connectivity index (χ3v) is 3.32. The number of rotatable bonds is 1. The van der Waals surface area contributed by atoms with Gasteiger partial charge in [0, 0.05) is 5.69 Å². The van der Waals surface area contributed by atoms with Gasteiger partial charge in [-0.3, -0.25) is 0 Å². The van der Waals surface area contributed by atoms with E-state index in [0.29, 0.717) is 5.41 Å². The predicted molar refractivity (Wildman–Crippen MR) is 56.7 cm³/mol. The second kappa shape index (κ2) is 2.76. The molecule has 13 heavy (non-hydrogen) atoms. The Morgan fingerprint density at radius 1 is 1.31 bits per heavy atom. The molecule has 1 aliphatic rings. The molecular formula is C12H17N. The SMILES string of the molecule is CCC1(C)Cc2ccc(N)cc2C1. The van der Waals surface area contributed by atoms with Crippen molar-refractivity contribution in [3.63, 3.8) is 0 Å². The molecule has 70 valence electrons. The summed E-state index contributed by atoms with van der Waals surface area (Å²) in [7, 11) is 0. The quantitative estimate of drug-likeness (QED) is 0.652. The van der Waals surface area contributed by atoms with Crippen molar-refractivity contribution in [2.75, 3.05) is 5.73 Å². The van der Waals surface area contributed by atoms with E-state index in [-0.39, 0.29) is 0 Å². The Hall–Kier alpha value is -0.980. The summed E-state index contributed by atoms with van der Waals surface area (Å²) in [6, 6.07) is 6.34. The first-order chi connectivity index (χ1) is 6.13. The highest BCUT2D eigenvalue weighted by Gasteiger charge is 2.30. The van der Waals surface area contributed by atoms with Crippen molar-refractivity contribution in [3.8, 4) is 0 Å². The molecule has 1 heteroatoms. The van der Waals surface area contributed by atoms with Gasteiger partial charge in [-0.2, -0.15) is 0 Å². The van der Waals surface area contributed by atoms with E-state index in [0.717, 1.165) is 5.69 Å². The van der Waals surface area contributed by atoms with E-state index in [1.54, 1.807) is 0 Å². The molecule has 2 N–H and O–H groups in total. The van der Waals surface area contributed by atoms with Crippen LogP contribution in [0, 0.1) is 5.41 Å². The average Bonchev–Trinajstić information content (AvgIpc) is 2.42. The van der Waals surface area contributed by atoms with Crippen LogP contribution < -0.4 is 5.73 Å². The van der Waals surface area contributed by atoms with Crippen LogP contribution in [0.4, 0.5) is 5.69 Å². The van der Waals surface area contributed by atoms with Crippen LogP contribution in [0.2, 0.25) is 0 Å². The van der Waals surface area contributed by atoms with Gasteiger partial charge in [0.15, 0.2) is 0 Å². The van der Waals surface area contributed by atoms with Gasteiger partial charge in [0.25, 0.3) is 0 Å². The molecule has 0 saturated carbocycles. The maximum absolute atomic E-state index is 5.76. The van der Waals surface area contributed by atoms with Gasteiger partial charge in [-0.15, -0.1) is 0 Å². The number of nitrogen functional groups attached to an aromatic ring is 1. The fourth-order valence-corrected chi connectivity index (χ4v) is 2.21. The first-order valence-electron chi connectivity index (χ1n) is 5.00. The molecule has 1 aromatic rings. The number of anilines is 1. The molecule has 0 fully saturated rings. The lowest BCUT2D eigenvalue weighted by atomic mass is 9.85. The highest BCUT2D eigenvalue weighted by molar-refractivity contribution is 5.47. The minimum absolute atomic E-state index is 0.482. The number of nitrogens with two attached hydrogens (primary N) is 1. The van der Waals surface area contributed by atoms with Gasteiger partial charge >= 0.3 is 0 Å². The molecular weight excluding hydrogens is 158 g/mol.